The van der Waals surface area contributed by atoms with Gasteiger partial charge in [-0.15, -0.1) is 0 Å². The standard InChI is InChI=1S/C17H17FN6/c1-2-23-5-7-24(8-6-23)17-4-3-14(9-15(17)18)22-16(12-21)13(10-19)11-20/h3-4,9,22H,2,5-8H2,1H3. The van der Waals surface area contributed by atoms with Gasteiger partial charge in [-0.1, -0.05) is 6.92 Å². The highest BCUT2D eigenvalue weighted by molar-refractivity contribution is 5.62. The predicted molar refractivity (Wildman–Crippen MR) is 88.2 cm³/mol. The highest BCUT2D eigenvalue weighted by atomic mass is 19.1. The number of nitrogens with one attached hydrogen (secondary N) is 1. The molecule has 1 saturated heterocycles. The summed E-state index contributed by atoms with van der Waals surface area (Å²) in [6.07, 6.45) is 0. The van der Waals surface area contributed by atoms with Gasteiger partial charge in [0.2, 0.25) is 0 Å². The Hall–Kier alpha value is -3.08. The van der Waals surface area contributed by atoms with Crippen LogP contribution in [0.2, 0.25) is 0 Å². The molecule has 1 N–H and O–H groups in total. The molecule has 1 aromatic rings. The van der Waals surface area contributed by atoms with Crippen LogP contribution in [0.3, 0.4) is 0 Å². The topological polar surface area (TPSA) is 89.9 Å². The molecule has 0 aromatic heterocycles. The number of likely N-dealkylation sites (N-methyl/N-ethyl adjacent to an activating group) is 1. The van der Waals surface area contributed by atoms with E-state index in [4.69, 9.17) is 15.8 Å². The van der Waals surface area contributed by atoms with Crippen molar-refractivity contribution in [3.63, 3.8) is 0 Å². The lowest BCUT2D eigenvalue weighted by atomic mass is 10.2. The van der Waals surface area contributed by atoms with Gasteiger partial charge in [-0.3, -0.25) is 0 Å². The Balaban J connectivity index is 2.17. The summed E-state index contributed by atoms with van der Waals surface area (Å²) in [5.41, 5.74) is 0.309. The maximum atomic E-state index is 14.4. The first-order valence-corrected chi connectivity index (χ1v) is 7.61. The van der Waals surface area contributed by atoms with Crippen LogP contribution in [0.25, 0.3) is 0 Å². The Morgan fingerprint density at radius 2 is 1.79 bits per heavy atom. The number of benzene rings is 1. The monoisotopic (exact) mass is 324 g/mol. The van der Waals surface area contributed by atoms with Gasteiger partial charge in [0.1, 0.15) is 29.7 Å². The number of rotatable bonds is 4. The van der Waals surface area contributed by atoms with Gasteiger partial charge in [-0.25, -0.2) is 4.39 Å². The molecule has 0 unspecified atom stereocenters. The summed E-state index contributed by atoms with van der Waals surface area (Å²) in [5.74, 6) is -0.405. The van der Waals surface area contributed by atoms with Crippen LogP contribution in [0.1, 0.15) is 6.92 Å². The van der Waals surface area contributed by atoms with Crippen molar-refractivity contribution < 1.29 is 4.39 Å². The molecule has 1 fully saturated rings. The summed E-state index contributed by atoms with van der Waals surface area (Å²) in [6.45, 7) is 6.40. The molecule has 1 aliphatic heterocycles. The van der Waals surface area contributed by atoms with Crippen LogP contribution >= 0.6 is 0 Å². The minimum atomic E-state index is -0.405. The first kappa shape index (κ1) is 17.3. The Labute approximate surface area is 140 Å². The van der Waals surface area contributed by atoms with E-state index < -0.39 is 5.82 Å². The molecule has 24 heavy (non-hydrogen) atoms. The summed E-state index contributed by atoms with van der Waals surface area (Å²) < 4.78 is 14.4. The van der Waals surface area contributed by atoms with Crippen molar-refractivity contribution >= 4 is 11.4 Å². The number of allylic oxidation sites excluding steroid dienone is 2. The van der Waals surface area contributed by atoms with Crippen LogP contribution in [0.5, 0.6) is 0 Å². The third-order valence-electron chi connectivity index (χ3n) is 3.96. The molecule has 1 aliphatic rings. The molecule has 1 aromatic carbocycles. The van der Waals surface area contributed by atoms with Crippen molar-refractivity contribution in [2.24, 2.45) is 0 Å². The Morgan fingerprint density at radius 3 is 2.29 bits per heavy atom. The molecule has 0 aliphatic carbocycles. The Bertz CT molecular complexity index is 741. The maximum absolute atomic E-state index is 14.4. The van der Waals surface area contributed by atoms with Crippen molar-refractivity contribution in [1.82, 2.24) is 4.90 Å². The number of hydrogen-bond acceptors (Lipinski definition) is 6. The van der Waals surface area contributed by atoms with Crippen molar-refractivity contribution in [3.05, 3.63) is 35.3 Å². The molecule has 0 atom stereocenters. The lowest BCUT2D eigenvalue weighted by Crippen LogP contribution is -2.46. The number of piperazine rings is 1. The van der Waals surface area contributed by atoms with E-state index in [-0.39, 0.29) is 11.3 Å². The molecular weight excluding hydrogens is 307 g/mol. The van der Waals surface area contributed by atoms with Gasteiger partial charge in [0, 0.05) is 31.9 Å². The summed E-state index contributed by atoms with van der Waals surface area (Å²) in [7, 11) is 0. The quantitative estimate of drug-likeness (QED) is 0.854. The second-order valence-electron chi connectivity index (χ2n) is 5.30. The summed E-state index contributed by atoms with van der Waals surface area (Å²) >= 11 is 0. The summed E-state index contributed by atoms with van der Waals surface area (Å²) in [4.78, 5) is 4.29. The molecule has 122 valence electrons. The van der Waals surface area contributed by atoms with Crippen LogP contribution in [0.4, 0.5) is 15.8 Å². The van der Waals surface area contributed by atoms with Gasteiger partial charge in [0.05, 0.1) is 5.69 Å². The lowest BCUT2D eigenvalue weighted by molar-refractivity contribution is 0.270. The van der Waals surface area contributed by atoms with E-state index in [1.807, 2.05) is 4.90 Å². The number of nitrogens with zero attached hydrogens (tertiary/aromatic N) is 5. The van der Waals surface area contributed by atoms with Crippen LogP contribution < -0.4 is 10.2 Å². The van der Waals surface area contributed by atoms with E-state index in [9.17, 15) is 4.39 Å². The van der Waals surface area contributed by atoms with Crippen LogP contribution in [-0.2, 0) is 0 Å². The van der Waals surface area contributed by atoms with Crippen LogP contribution in [0, 0.1) is 39.8 Å². The van der Waals surface area contributed by atoms with E-state index in [1.165, 1.54) is 6.07 Å². The Kier molecular flexibility index (Phi) is 5.73. The molecule has 2 rings (SSSR count). The fourth-order valence-electron chi connectivity index (χ4n) is 2.57. The van der Waals surface area contributed by atoms with Crippen LogP contribution in [-0.4, -0.2) is 37.6 Å². The third kappa shape index (κ3) is 3.81. The van der Waals surface area contributed by atoms with Gasteiger partial charge in [0.15, 0.2) is 5.57 Å². The fraction of sp³-hybridized carbons (Fsp3) is 0.353. The van der Waals surface area contributed by atoms with Crippen molar-refractivity contribution in [1.29, 1.82) is 15.8 Å². The number of halogens is 1. The third-order valence-corrected chi connectivity index (χ3v) is 3.96. The van der Waals surface area contributed by atoms with E-state index in [0.29, 0.717) is 11.4 Å². The first-order valence-electron chi connectivity index (χ1n) is 7.61. The first-order chi connectivity index (χ1) is 11.6. The summed E-state index contributed by atoms with van der Waals surface area (Å²) in [5, 5.41) is 29.3. The number of anilines is 2. The minimum Gasteiger partial charge on any atom is -0.367 e. The van der Waals surface area contributed by atoms with E-state index in [2.05, 4.69) is 17.1 Å². The number of hydrogen-bond donors (Lipinski definition) is 1. The molecule has 1 heterocycles. The second-order valence-corrected chi connectivity index (χ2v) is 5.30. The van der Waals surface area contributed by atoms with Crippen molar-refractivity contribution in [2.45, 2.75) is 6.92 Å². The molecule has 0 amide bonds. The molecule has 0 spiro atoms. The smallest absolute Gasteiger partial charge is 0.163 e. The molecule has 0 radical (unpaired) electrons. The van der Waals surface area contributed by atoms with Gasteiger partial charge in [-0.2, -0.15) is 15.8 Å². The lowest BCUT2D eigenvalue weighted by Gasteiger charge is -2.35. The zero-order valence-electron chi connectivity index (χ0n) is 13.4. The molecule has 0 saturated carbocycles. The second kappa shape index (κ2) is 7.97. The highest BCUT2D eigenvalue weighted by Gasteiger charge is 2.19. The average molecular weight is 324 g/mol. The molecule has 6 nitrogen and oxygen atoms in total. The van der Waals surface area contributed by atoms with Gasteiger partial charge >= 0.3 is 0 Å². The van der Waals surface area contributed by atoms with E-state index in [1.54, 1.807) is 30.3 Å². The Morgan fingerprint density at radius 1 is 1.12 bits per heavy atom. The molecule has 0 bridgehead atoms. The van der Waals surface area contributed by atoms with Crippen LogP contribution in [0.15, 0.2) is 29.5 Å². The van der Waals surface area contributed by atoms with Gasteiger partial charge in [0.25, 0.3) is 0 Å². The zero-order chi connectivity index (χ0) is 17.5. The molecular formula is C17H17FN6. The average Bonchev–Trinajstić information content (AvgIpc) is 2.62. The highest BCUT2D eigenvalue weighted by Crippen LogP contribution is 2.25. The maximum Gasteiger partial charge on any atom is 0.163 e. The largest absolute Gasteiger partial charge is 0.367 e. The molecule has 7 heteroatoms. The predicted octanol–water partition coefficient (Wildman–Crippen LogP) is 2.20. The summed E-state index contributed by atoms with van der Waals surface area (Å²) in [6, 6.07) is 9.57. The van der Waals surface area contributed by atoms with Crippen molar-refractivity contribution in [3.8, 4) is 18.2 Å². The van der Waals surface area contributed by atoms with Gasteiger partial charge in [-0.05, 0) is 24.7 Å². The number of nitriles is 3. The normalized spacial score (nSPS) is 14.2. The fourth-order valence-corrected chi connectivity index (χ4v) is 2.57. The van der Waals surface area contributed by atoms with E-state index in [0.717, 1.165) is 32.7 Å². The van der Waals surface area contributed by atoms with Gasteiger partial charge < -0.3 is 15.1 Å². The SMILES string of the molecule is CCN1CCN(c2ccc(NC(C#N)=C(C#N)C#N)cc2F)CC1. The van der Waals surface area contributed by atoms with Crippen molar-refractivity contribution in [2.75, 3.05) is 42.9 Å². The zero-order valence-corrected chi connectivity index (χ0v) is 13.4. The van der Waals surface area contributed by atoms with E-state index >= 15 is 0 Å². The minimum absolute atomic E-state index is 0.191.